The predicted molar refractivity (Wildman–Crippen MR) is 216 cm³/mol. The van der Waals surface area contributed by atoms with E-state index in [1.54, 1.807) is 26.2 Å². The number of hydrogen-bond acceptors (Lipinski definition) is 8. The number of likely N-dealkylation sites (tertiary alicyclic amines) is 1. The number of methoxy groups -OCH3 is 2. The molecule has 0 saturated carbocycles. The number of hydrogen-bond donors (Lipinski definition) is 4. The molecule has 2 fully saturated rings. The van der Waals surface area contributed by atoms with Crippen LogP contribution in [0, 0.1) is 11.8 Å². The van der Waals surface area contributed by atoms with Gasteiger partial charge in [0.25, 0.3) is 5.92 Å². The summed E-state index contributed by atoms with van der Waals surface area (Å²) in [7, 11) is 0.681. The van der Waals surface area contributed by atoms with E-state index in [0.717, 1.165) is 38.9 Å². The van der Waals surface area contributed by atoms with Gasteiger partial charge in [0.05, 0.1) is 64.7 Å². The number of halogens is 2. The zero-order chi connectivity index (χ0) is 42.1. The quantitative estimate of drug-likeness (QED) is 0.118. The maximum atomic E-state index is 14.8. The summed E-state index contributed by atoms with van der Waals surface area (Å²) in [5.41, 5.74) is 5.06. The number of carbonyl (C=O) groups excluding carboxylic acids is 4. The van der Waals surface area contributed by atoms with Crippen LogP contribution >= 0.6 is 0 Å². The van der Waals surface area contributed by atoms with Gasteiger partial charge in [0.1, 0.15) is 23.7 Å². The van der Waals surface area contributed by atoms with Gasteiger partial charge < -0.3 is 39.9 Å². The van der Waals surface area contributed by atoms with Gasteiger partial charge in [0, 0.05) is 12.6 Å². The molecule has 0 radical (unpaired) electrons. The molecule has 2 saturated heterocycles. The highest BCUT2D eigenvalue weighted by atomic mass is 28.3. The molecule has 4 heterocycles. The minimum atomic E-state index is -3.13. The van der Waals surface area contributed by atoms with E-state index in [1.165, 1.54) is 14.2 Å². The number of alkyl halides is 2. The van der Waals surface area contributed by atoms with Crippen LogP contribution < -0.4 is 10.6 Å². The first-order valence-electron chi connectivity index (χ1n) is 19.4. The standard InChI is InChI=1S/C41H52F2N8O6Si/c1-23(2)33(48-39(54)56-5)37(52)50-21-41(42,43)17-31(50)35-44-18-29(46-35)27-13-9-25(10-14-27)26-11-15-28(16-12-26)30-19-45-36(47-30)32-20-58(7,8)22-51(32)38(53)34(24(3)4)49-40(55)57-6/h9-16,18-19,23-24,31-34H,17,20-22H2,1-8H3,(H,44,46)(H,45,47)(H,48,54)(H,49,55)/t31-,32-,33-,34-/m0/s1. The second-order valence-electron chi connectivity index (χ2n) is 16.6. The van der Waals surface area contributed by atoms with Crippen molar-refractivity contribution in [1.82, 2.24) is 40.4 Å². The van der Waals surface area contributed by atoms with Crippen molar-refractivity contribution in [2.45, 2.75) is 83.3 Å². The maximum absolute atomic E-state index is 14.8. The van der Waals surface area contributed by atoms with Gasteiger partial charge in [-0.2, -0.15) is 0 Å². The first-order valence-corrected chi connectivity index (χ1v) is 22.8. The van der Waals surface area contributed by atoms with Crippen molar-refractivity contribution in [3.05, 3.63) is 72.6 Å². The molecule has 2 aromatic carbocycles. The maximum Gasteiger partial charge on any atom is 0.407 e. The number of aromatic amines is 2. The normalized spacial score (nSPS) is 19.6. The Hall–Kier alpha value is -5.58. The molecule has 0 aliphatic carbocycles. The first-order chi connectivity index (χ1) is 27.4. The van der Waals surface area contributed by atoms with E-state index < -0.39 is 63.2 Å². The third-order valence-corrected chi connectivity index (χ3v) is 13.6. The molecule has 0 spiro atoms. The molecule has 17 heteroatoms. The number of imidazole rings is 2. The van der Waals surface area contributed by atoms with Crippen LogP contribution in [0.1, 0.15) is 57.8 Å². The molecule has 4 aromatic rings. The van der Waals surface area contributed by atoms with Crippen LogP contribution in [-0.2, 0) is 19.1 Å². The fraction of sp³-hybridized carbons (Fsp3) is 0.463. The van der Waals surface area contributed by atoms with Gasteiger partial charge in [-0.3, -0.25) is 9.59 Å². The highest BCUT2D eigenvalue weighted by Crippen LogP contribution is 2.42. The molecular weight excluding hydrogens is 767 g/mol. The molecule has 4 atom stereocenters. The number of H-pyrrole nitrogens is 2. The Labute approximate surface area is 337 Å². The minimum absolute atomic E-state index is 0.134. The lowest BCUT2D eigenvalue weighted by atomic mass is 10.0. The smallest absolute Gasteiger partial charge is 0.407 e. The van der Waals surface area contributed by atoms with E-state index in [0.29, 0.717) is 17.7 Å². The molecular formula is C41H52F2N8O6Si. The van der Waals surface area contributed by atoms with Crippen molar-refractivity contribution in [3.8, 4) is 33.6 Å². The van der Waals surface area contributed by atoms with Gasteiger partial charge >= 0.3 is 12.2 Å². The molecule has 2 aliphatic heterocycles. The summed E-state index contributed by atoms with van der Waals surface area (Å²) in [6.07, 6.45) is 1.94. The van der Waals surface area contributed by atoms with Gasteiger partial charge in [-0.15, -0.1) is 0 Å². The molecule has 2 aliphatic rings. The van der Waals surface area contributed by atoms with Crippen molar-refractivity contribution >= 4 is 32.1 Å². The third kappa shape index (κ3) is 9.08. The molecule has 2 aromatic heterocycles. The van der Waals surface area contributed by atoms with Gasteiger partial charge in [-0.25, -0.2) is 28.3 Å². The lowest BCUT2D eigenvalue weighted by molar-refractivity contribution is -0.137. The second kappa shape index (κ2) is 16.7. The molecule has 4 N–H and O–H groups in total. The highest BCUT2D eigenvalue weighted by Gasteiger charge is 2.50. The number of aromatic nitrogens is 4. The van der Waals surface area contributed by atoms with Crippen molar-refractivity contribution in [1.29, 1.82) is 0 Å². The molecule has 0 unspecified atom stereocenters. The van der Waals surface area contributed by atoms with E-state index >= 15 is 0 Å². The van der Waals surface area contributed by atoms with Crippen molar-refractivity contribution in [2.24, 2.45) is 11.8 Å². The molecule has 0 bridgehead atoms. The third-order valence-electron chi connectivity index (χ3n) is 10.9. The molecule has 14 nitrogen and oxygen atoms in total. The second-order valence-corrected chi connectivity index (χ2v) is 21.7. The Morgan fingerprint density at radius 1 is 0.724 bits per heavy atom. The Morgan fingerprint density at radius 3 is 1.57 bits per heavy atom. The van der Waals surface area contributed by atoms with Crippen LogP contribution in [0.25, 0.3) is 33.6 Å². The van der Waals surface area contributed by atoms with Crippen LogP contribution in [0.3, 0.4) is 0 Å². The summed E-state index contributed by atoms with van der Waals surface area (Å²) in [5.74, 6) is -3.47. The lowest BCUT2D eigenvalue weighted by Crippen LogP contribution is -2.52. The number of nitrogens with zero attached hydrogens (tertiary/aromatic N) is 4. The molecule has 4 amide bonds. The number of carbonyl (C=O) groups is 4. The summed E-state index contributed by atoms with van der Waals surface area (Å²) in [4.78, 5) is 70.0. The number of alkyl carbamates (subject to hydrolysis) is 2. The molecule has 310 valence electrons. The van der Waals surface area contributed by atoms with Crippen LogP contribution in [0.2, 0.25) is 19.1 Å². The topological polar surface area (TPSA) is 175 Å². The highest BCUT2D eigenvalue weighted by molar-refractivity contribution is 6.78. The molecule has 58 heavy (non-hydrogen) atoms. The van der Waals surface area contributed by atoms with E-state index in [2.05, 4.69) is 43.4 Å². The van der Waals surface area contributed by atoms with Crippen molar-refractivity contribution in [2.75, 3.05) is 26.9 Å². The Balaban J connectivity index is 1.15. The number of rotatable bonds is 11. The first kappa shape index (κ1) is 42.0. The van der Waals surface area contributed by atoms with Crippen LogP contribution in [0.15, 0.2) is 60.9 Å². The van der Waals surface area contributed by atoms with Gasteiger partial charge in [0.2, 0.25) is 11.8 Å². The van der Waals surface area contributed by atoms with E-state index in [-0.39, 0.29) is 29.6 Å². The van der Waals surface area contributed by atoms with Gasteiger partial charge in [-0.1, -0.05) is 89.3 Å². The number of nitrogens with one attached hydrogen (secondary N) is 4. The monoisotopic (exact) mass is 818 g/mol. The summed E-state index contributed by atoms with van der Waals surface area (Å²) >= 11 is 0. The Bertz CT molecular complexity index is 1970. The number of amides is 4. The Morgan fingerprint density at radius 2 is 1.14 bits per heavy atom. The van der Waals surface area contributed by atoms with Crippen LogP contribution in [-0.4, -0.2) is 107 Å². The fourth-order valence-electron chi connectivity index (χ4n) is 7.78. The zero-order valence-corrected chi connectivity index (χ0v) is 35.1. The van der Waals surface area contributed by atoms with E-state index in [1.807, 2.05) is 67.3 Å². The number of ether oxygens (including phenoxy) is 2. The lowest BCUT2D eigenvalue weighted by Gasteiger charge is -2.30. The number of benzene rings is 2. The van der Waals surface area contributed by atoms with E-state index in [9.17, 15) is 28.0 Å². The predicted octanol–water partition coefficient (Wildman–Crippen LogP) is 6.93. The van der Waals surface area contributed by atoms with Crippen LogP contribution in [0.5, 0.6) is 0 Å². The average molecular weight is 819 g/mol. The zero-order valence-electron chi connectivity index (χ0n) is 34.1. The SMILES string of the molecule is COC(=O)N[C@H](C(=O)N1CC(F)(F)C[C@H]1c1ncc(-c2ccc(-c3ccc(-c4cnc([C@@H]5C[Si](C)(C)CN5C(=O)[C@@H](NC(=O)OC)C(C)C)[nH]4)cc3)cc2)[nH]1)C(C)C. The summed E-state index contributed by atoms with van der Waals surface area (Å²) in [5, 5.41) is 5.19. The summed E-state index contributed by atoms with van der Waals surface area (Å²) in [6, 6.07) is 13.6. The largest absolute Gasteiger partial charge is 0.453 e. The fourth-order valence-corrected chi connectivity index (χ4v) is 10.7. The summed E-state index contributed by atoms with van der Waals surface area (Å²) < 4.78 is 39.0. The van der Waals surface area contributed by atoms with Crippen LogP contribution in [0.4, 0.5) is 18.4 Å². The van der Waals surface area contributed by atoms with Gasteiger partial charge in [-0.05, 0) is 40.1 Å². The summed E-state index contributed by atoms with van der Waals surface area (Å²) in [6.45, 7) is 10.9. The van der Waals surface area contributed by atoms with Crippen molar-refractivity contribution in [3.63, 3.8) is 0 Å². The molecule has 6 rings (SSSR count). The van der Waals surface area contributed by atoms with Crippen molar-refractivity contribution < 1.29 is 37.4 Å². The minimum Gasteiger partial charge on any atom is -0.453 e. The average Bonchev–Trinajstić information content (AvgIpc) is 4.00. The van der Waals surface area contributed by atoms with E-state index in [4.69, 9.17) is 9.72 Å². The van der Waals surface area contributed by atoms with Gasteiger partial charge in [0.15, 0.2) is 0 Å². The Kier molecular flexibility index (Phi) is 12.1.